The van der Waals surface area contributed by atoms with Crippen LogP contribution in [0.25, 0.3) is 32.1 Å². The number of hydrogen-bond donors (Lipinski definition) is 1. The minimum Gasteiger partial charge on any atom is -0.297 e. The van der Waals surface area contributed by atoms with Crippen molar-refractivity contribution >= 4 is 60.3 Å². The van der Waals surface area contributed by atoms with Gasteiger partial charge in [0.1, 0.15) is 0 Å². The molecule has 0 aliphatic carbocycles. The summed E-state index contributed by atoms with van der Waals surface area (Å²) in [6, 6.07) is 20.5. The lowest BCUT2D eigenvalue weighted by molar-refractivity contribution is -0.384. The van der Waals surface area contributed by atoms with Crippen LogP contribution in [-0.2, 0) is 0 Å². The molecule has 5 rings (SSSR count). The molecule has 146 valence electrons. The van der Waals surface area contributed by atoms with E-state index in [2.05, 4.69) is 34.6 Å². The van der Waals surface area contributed by atoms with Gasteiger partial charge < -0.3 is 0 Å². The third-order valence-corrected chi connectivity index (χ3v) is 6.58. The number of rotatable bonds is 4. The Morgan fingerprint density at radius 1 is 0.967 bits per heavy atom. The number of thiazole rings is 1. The predicted octanol–water partition coefficient (Wildman–Crippen LogP) is 6.34. The zero-order valence-corrected chi connectivity index (χ0v) is 17.0. The monoisotopic (exact) mass is 431 g/mol. The summed E-state index contributed by atoms with van der Waals surface area (Å²) in [5.41, 5.74) is 1.79. The van der Waals surface area contributed by atoms with Crippen LogP contribution in [0.15, 0.2) is 72.1 Å². The highest BCUT2D eigenvalue weighted by Crippen LogP contribution is 2.31. The van der Waals surface area contributed by atoms with Crippen LogP contribution in [0.2, 0.25) is 0 Å². The quantitative estimate of drug-likeness (QED) is 0.266. The largest absolute Gasteiger partial charge is 0.297 e. The topological polar surface area (TPSA) is 85.1 Å². The summed E-state index contributed by atoms with van der Waals surface area (Å²) in [6.45, 7) is 0. The zero-order chi connectivity index (χ0) is 20.7. The Balaban J connectivity index is 1.38. The molecule has 0 saturated heterocycles. The highest BCUT2D eigenvalue weighted by Gasteiger charge is 2.15. The normalized spacial score (nSPS) is 11.1. The molecule has 2 heterocycles. The van der Waals surface area contributed by atoms with Crippen LogP contribution in [-0.4, -0.2) is 15.8 Å². The molecular formula is C22H13N3O3S2. The standard InChI is InChI=1S/C22H13N3O3S2/c26-21(20-11-16-10-17(25(27)28)7-8-19(16)30-20)24-22-23-18(12-29-22)15-6-5-13-3-1-2-4-14(13)9-15/h1-12H,(H,23,24,26). The lowest BCUT2D eigenvalue weighted by Gasteiger charge is -2.01. The first-order valence-electron chi connectivity index (χ1n) is 9.01. The fourth-order valence-corrected chi connectivity index (χ4v) is 4.88. The van der Waals surface area contributed by atoms with Crippen molar-refractivity contribution < 1.29 is 9.72 Å². The molecule has 30 heavy (non-hydrogen) atoms. The predicted molar refractivity (Wildman–Crippen MR) is 121 cm³/mol. The maximum Gasteiger partial charge on any atom is 0.270 e. The molecule has 2 aromatic heterocycles. The molecule has 5 aromatic rings. The Morgan fingerprint density at radius 2 is 1.80 bits per heavy atom. The summed E-state index contributed by atoms with van der Waals surface area (Å²) >= 11 is 2.65. The number of nitro benzene ring substituents is 1. The van der Waals surface area contributed by atoms with E-state index in [-0.39, 0.29) is 11.6 Å². The van der Waals surface area contributed by atoms with Crippen LogP contribution in [0.3, 0.4) is 0 Å². The van der Waals surface area contributed by atoms with Gasteiger partial charge in [-0.15, -0.1) is 22.7 Å². The molecule has 0 fully saturated rings. The molecule has 0 aliphatic rings. The van der Waals surface area contributed by atoms with E-state index in [1.165, 1.54) is 34.8 Å². The minimum absolute atomic E-state index is 0.00667. The Bertz CT molecular complexity index is 1440. The number of nitrogens with zero attached hydrogens (tertiary/aromatic N) is 2. The van der Waals surface area contributed by atoms with Crippen molar-refractivity contribution in [3.05, 3.63) is 87.1 Å². The number of nitro groups is 1. The van der Waals surface area contributed by atoms with Gasteiger partial charge in [0.25, 0.3) is 11.6 Å². The Kier molecular flexibility index (Phi) is 4.50. The van der Waals surface area contributed by atoms with Crippen molar-refractivity contribution in [1.29, 1.82) is 0 Å². The van der Waals surface area contributed by atoms with E-state index in [0.717, 1.165) is 26.7 Å². The molecule has 0 atom stereocenters. The minimum atomic E-state index is -0.444. The van der Waals surface area contributed by atoms with Gasteiger partial charge in [-0.25, -0.2) is 4.98 Å². The van der Waals surface area contributed by atoms with E-state index in [1.807, 2.05) is 23.6 Å². The number of anilines is 1. The number of nitrogens with one attached hydrogen (secondary N) is 1. The average molecular weight is 431 g/mol. The molecule has 0 saturated carbocycles. The number of benzene rings is 3. The van der Waals surface area contributed by atoms with Gasteiger partial charge in [-0.1, -0.05) is 36.4 Å². The molecule has 1 amide bonds. The Morgan fingerprint density at radius 3 is 2.63 bits per heavy atom. The van der Waals surface area contributed by atoms with E-state index in [9.17, 15) is 14.9 Å². The zero-order valence-electron chi connectivity index (χ0n) is 15.4. The second kappa shape index (κ2) is 7.33. The van der Waals surface area contributed by atoms with Crippen LogP contribution in [0.4, 0.5) is 10.8 Å². The van der Waals surface area contributed by atoms with Gasteiger partial charge in [0.2, 0.25) is 0 Å². The Hall–Kier alpha value is -3.62. The SMILES string of the molecule is O=C(Nc1nc(-c2ccc3ccccc3c2)cs1)c1cc2cc([N+](=O)[O-])ccc2s1. The van der Waals surface area contributed by atoms with Crippen molar-refractivity contribution in [2.45, 2.75) is 0 Å². The summed E-state index contributed by atoms with van der Waals surface area (Å²) in [5.74, 6) is -0.279. The van der Waals surface area contributed by atoms with Crippen LogP contribution in [0.5, 0.6) is 0 Å². The number of thiophene rings is 1. The van der Waals surface area contributed by atoms with E-state index in [0.29, 0.717) is 15.4 Å². The van der Waals surface area contributed by atoms with Gasteiger partial charge >= 0.3 is 0 Å². The maximum absolute atomic E-state index is 12.7. The van der Waals surface area contributed by atoms with Crippen LogP contribution in [0.1, 0.15) is 9.67 Å². The fourth-order valence-electron chi connectivity index (χ4n) is 3.23. The van der Waals surface area contributed by atoms with Crippen LogP contribution in [0, 0.1) is 10.1 Å². The number of amides is 1. The third-order valence-electron chi connectivity index (χ3n) is 4.70. The first-order chi connectivity index (χ1) is 14.6. The molecule has 8 heteroatoms. The number of carbonyl (C=O) groups excluding carboxylic acids is 1. The molecule has 0 unspecified atom stereocenters. The van der Waals surface area contributed by atoms with Gasteiger partial charge in [-0.05, 0) is 29.0 Å². The highest BCUT2D eigenvalue weighted by atomic mass is 32.1. The van der Waals surface area contributed by atoms with Crippen molar-refractivity contribution in [1.82, 2.24) is 4.98 Å². The summed E-state index contributed by atoms with van der Waals surface area (Å²) in [5, 5.41) is 19.2. The number of hydrogen-bond acceptors (Lipinski definition) is 6. The van der Waals surface area contributed by atoms with E-state index in [1.54, 1.807) is 12.1 Å². The molecule has 0 radical (unpaired) electrons. The summed E-state index contributed by atoms with van der Waals surface area (Å²) in [4.78, 5) is 28.2. The second-order valence-electron chi connectivity index (χ2n) is 6.64. The van der Waals surface area contributed by atoms with Crippen molar-refractivity contribution in [3.8, 4) is 11.3 Å². The molecule has 0 aliphatic heterocycles. The summed E-state index contributed by atoms with van der Waals surface area (Å²) in [7, 11) is 0. The average Bonchev–Trinajstić information content (AvgIpc) is 3.39. The first kappa shape index (κ1) is 18.4. The fraction of sp³-hybridized carbons (Fsp3) is 0. The lowest BCUT2D eigenvalue weighted by atomic mass is 10.1. The number of carbonyl (C=O) groups is 1. The van der Waals surface area contributed by atoms with Gasteiger partial charge in [-0.3, -0.25) is 20.2 Å². The Labute approximate surface area is 178 Å². The number of fused-ring (bicyclic) bond motifs is 2. The van der Waals surface area contributed by atoms with E-state index >= 15 is 0 Å². The summed E-state index contributed by atoms with van der Waals surface area (Å²) in [6.07, 6.45) is 0. The van der Waals surface area contributed by atoms with Crippen molar-refractivity contribution in [3.63, 3.8) is 0 Å². The van der Waals surface area contributed by atoms with Crippen molar-refractivity contribution in [2.24, 2.45) is 0 Å². The lowest BCUT2D eigenvalue weighted by Crippen LogP contribution is -2.09. The smallest absolute Gasteiger partial charge is 0.270 e. The first-order valence-corrected chi connectivity index (χ1v) is 10.7. The van der Waals surface area contributed by atoms with Gasteiger partial charge in [0.15, 0.2) is 5.13 Å². The molecule has 3 aromatic carbocycles. The highest BCUT2D eigenvalue weighted by molar-refractivity contribution is 7.21. The van der Waals surface area contributed by atoms with Gasteiger partial charge in [-0.2, -0.15) is 0 Å². The molecule has 1 N–H and O–H groups in total. The number of non-ortho nitro benzene ring substituents is 1. The maximum atomic E-state index is 12.7. The van der Waals surface area contributed by atoms with Gasteiger partial charge in [0.05, 0.1) is 15.5 Å². The molecule has 0 bridgehead atoms. The molecular weight excluding hydrogens is 418 g/mol. The second-order valence-corrected chi connectivity index (χ2v) is 8.59. The number of aromatic nitrogens is 1. The van der Waals surface area contributed by atoms with Gasteiger partial charge in [0, 0.05) is 33.2 Å². The van der Waals surface area contributed by atoms with Crippen LogP contribution < -0.4 is 5.32 Å². The molecule has 0 spiro atoms. The molecule has 6 nitrogen and oxygen atoms in total. The third kappa shape index (κ3) is 3.42. The van der Waals surface area contributed by atoms with E-state index in [4.69, 9.17) is 0 Å². The van der Waals surface area contributed by atoms with Crippen molar-refractivity contribution in [2.75, 3.05) is 5.32 Å². The summed E-state index contributed by atoms with van der Waals surface area (Å²) < 4.78 is 0.821. The van der Waals surface area contributed by atoms with Crippen LogP contribution >= 0.6 is 22.7 Å². The van der Waals surface area contributed by atoms with E-state index < -0.39 is 4.92 Å².